The second-order valence-corrected chi connectivity index (χ2v) is 3.80. The van der Waals surface area contributed by atoms with E-state index in [1.807, 2.05) is 0 Å². The molecule has 2 rings (SSSR count). The number of aliphatic hydroxyl groups is 1. The van der Waals surface area contributed by atoms with E-state index in [-0.39, 0.29) is 11.7 Å². The fourth-order valence-corrected chi connectivity index (χ4v) is 2.23. The molecule has 0 amide bonds. The van der Waals surface area contributed by atoms with Crippen LogP contribution in [0.1, 0.15) is 32.6 Å². The van der Waals surface area contributed by atoms with Crippen molar-refractivity contribution in [2.45, 2.75) is 45.2 Å². The minimum Gasteiger partial charge on any atom is -0.368 e. The summed E-state index contributed by atoms with van der Waals surface area (Å²) in [7, 11) is 0. The van der Waals surface area contributed by atoms with Gasteiger partial charge < -0.3 is 14.6 Å². The first kappa shape index (κ1) is 8.48. The summed E-state index contributed by atoms with van der Waals surface area (Å²) in [6, 6.07) is 0. The van der Waals surface area contributed by atoms with Gasteiger partial charge in [0.25, 0.3) is 0 Å². The molecule has 2 heterocycles. The smallest absolute Gasteiger partial charge is 0.166 e. The molecule has 0 aromatic heterocycles. The summed E-state index contributed by atoms with van der Waals surface area (Å²) in [5.74, 6) is 0. The Balaban J connectivity index is 2.10. The maximum Gasteiger partial charge on any atom is 0.166 e. The average Bonchev–Trinajstić information content (AvgIpc) is 2.48. The zero-order valence-corrected chi connectivity index (χ0v) is 7.45. The third-order valence-electron chi connectivity index (χ3n) is 3.24. The molecule has 2 fully saturated rings. The Morgan fingerprint density at radius 1 is 1.50 bits per heavy atom. The highest BCUT2D eigenvalue weighted by Crippen LogP contribution is 2.46. The van der Waals surface area contributed by atoms with Gasteiger partial charge >= 0.3 is 0 Å². The van der Waals surface area contributed by atoms with Crippen molar-refractivity contribution in [1.82, 2.24) is 0 Å². The van der Waals surface area contributed by atoms with E-state index < -0.39 is 6.29 Å². The van der Waals surface area contributed by atoms with E-state index in [0.717, 1.165) is 32.3 Å². The molecule has 0 aliphatic carbocycles. The second kappa shape index (κ2) is 2.98. The Morgan fingerprint density at radius 2 is 2.33 bits per heavy atom. The molecule has 3 heteroatoms. The number of hydrogen-bond donors (Lipinski definition) is 1. The molecule has 0 saturated carbocycles. The van der Waals surface area contributed by atoms with Gasteiger partial charge in [-0.1, -0.05) is 6.92 Å². The van der Waals surface area contributed by atoms with Crippen LogP contribution in [0.2, 0.25) is 0 Å². The molecular weight excluding hydrogens is 156 g/mol. The molecule has 0 bridgehead atoms. The number of fused-ring (bicyclic) bond motifs is 1. The molecular formula is C9H16O3. The van der Waals surface area contributed by atoms with Gasteiger partial charge in [0.15, 0.2) is 12.6 Å². The van der Waals surface area contributed by atoms with Crippen molar-refractivity contribution in [3.63, 3.8) is 0 Å². The molecule has 1 N–H and O–H groups in total. The van der Waals surface area contributed by atoms with Crippen LogP contribution in [-0.4, -0.2) is 24.3 Å². The number of hydrogen-bond acceptors (Lipinski definition) is 3. The monoisotopic (exact) mass is 172 g/mol. The summed E-state index contributed by atoms with van der Waals surface area (Å²) in [6.45, 7) is 2.95. The molecule has 3 unspecified atom stereocenters. The maximum atomic E-state index is 9.26. The van der Waals surface area contributed by atoms with Crippen LogP contribution in [0.3, 0.4) is 0 Å². The van der Waals surface area contributed by atoms with Gasteiger partial charge in [0.2, 0.25) is 0 Å². The number of ether oxygens (including phenoxy) is 2. The van der Waals surface area contributed by atoms with E-state index in [4.69, 9.17) is 9.47 Å². The summed E-state index contributed by atoms with van der Waals surface area (Å²) in [5, 5.41) is 9.26. The van der Waals surface area contributed by atoms with Crippen molar-refractivity contribution < 1.29 is 14.6 Å². The van der Waals surface area contributed by atoms with Gasteiger partial charge in [-0.15, -0.1) is 0 Å². The van der Waals surface area contributed by atoms with Crippen molar-refractivity contribution in [3.05, 3.63) is 0 Å². The topological polar surface area (TPSA) is 38.7 Å². The second-order valence-electron chi connectivity index (χ2n) is 3.80. The van der Waals surface area contributed by atoms with Crippen molar-refractivity contribution in [2.24, 2.45) is 5.41 Å². The predicted octanol–water partition coefficient (Wildman–Crippen LogP) is 1.26. The summed E-state index contributed by atoms with van der Waals surface area (Å²) in [4.78, 5) is 0. The minimum absolute atomic E-state index is 0.147. The van der Waals surface area contributed by atoms with Gasteiger partial charge in [0.1, 0.15) is 0 Å². The Labute approximate surface area is 72.7 Å². The van der Waals surface area contributed by atoms with E-state index in [9.17, 15) is 5.11 Å². The molecule has 70 valence electrons. The molecule has 12 heavy (non-hydrogen) atoms. The third kappa shape index (κ3) is 1.16. The van der Waals surface area contributed by atoms with Crippen molar-refractivity contribution in [3.8, 4) is 0 Å². The lowest BCUT2D eigenvalue weighted by Gasteiger charge is -2.38. The molecule has 0 radical (unpaired) electrons. The Kier molecular flexibility index (Phi) is 2.10. The first-order valence-electron chi connectivity index (χ1n) is 4.72. The molecule has 2 aliphatic heterocycles. The summed E-state index contributed by atoms with van der Waals surface area (Å²) in [6.07, 6.45) is 3.22. The van der Waals surface area contributed by atoms with Gasteiger partial charge in [-0.2, -0.15) is 0 Å². The van der Waals surface area contributed by atoms with Crippen LogP contribution < -0.4 is 0 Å². The van der Waals surface area contributed by atoms with Gasteiger partial charge in [0, 0.05) is 5.41 Å². The van der Waals surface area contributed by atoms with Gasteiger partial charge in [-0.3, -0.25) is 0 Å². The predicted molar refractivity (Wildman–Crippen MR) is 43.4 cm³/mol. The quantitative estimate of drug-likeness (QED) is 0.647. The fraction of sp³-hybridized carbons (Fsp3) is 1.00. The Morgan fingerprint density at radius 3 is 3.08 bits per heavy atom. The molecule has 3 atom stereocenters. The number of rotatable bonds is 1. The van der Waals surface area contributed by atoms with Gasteiger partial charge in [-0.25, -0.2) is 0 Å². The van der Waals surface area contributed by atoms with Crippen LogP contribution in [0.25, 0.3) is 0 Å². The third-order valence-corrected chi connectivity index (χ3v) is 3.24. The summed E-state index contributed by atoms with van der Waals surface area (Å²) < 4.78 is 10.8. The normalized spacial score (nSPS) is 47.5. The van der Waals surface area contributed by atoms with Gasteiger partial charge in [0.05, 0.1) is 6.61 Å². The molecule has 0 spiro atoms. The van der Waals surface area contributed by atoms with Crippen LogP contribution in [0.4, 0.5) is 0 Å². The van der Waals surface area contributed by atoms with Crippen LogP contribution in [0.5, 0.6) is 0 Å². The van der Waals surface area contributed by atoms with Crippen LogP contribution in [-0.2, 0) is 9.47 Å². The van der Waals surface area contributed by atoms with E-state index in [1.165, 1.54) is 0 Å². The molecule has 3 nitrogen and oxygen atoms in total. The van der Waals surface area contributed by atoms with Crippen LogP contribution in [0.15, 0.2) is 0 Å². The highest BCUT2D eigenvalue weighted by molar-refractivity contribution is 4.89. The Hall–Kier alpha value is -0.120. The lowest BCUT2D eigenvalue weighted by molar-refractivity contribution is -0.271. The first-order chi connectivity index (χ1) is 5.77. The van der Waals surface area contributed by atoms with Crippen LogP contribution >= 0.6 is 0 Å². The van der Waals surface area contributed by atoms with Crippen molar-refractivity contribution >= 4 is 0 Å². The summed E-state index contributed by atoms with van der Waals surface area (Å²) in [5.41, 5.74) is 0.208. The minimum atomic E-state index is -0.604. The van der Waals surface area contributed by atoms with Crippen molar-refractivity contribution in [1.29, 1.82) is 0 Å². The van der Waals surface area contributed by atoms with Crippen molar-refractivity contribution in [2.75, 3.05) is 6.61 Å². The standard InChI is InChI=1S/C9H16O3/c1-2-9-4-3-7(10)12-8(9)11-6-5-9/h7-8,10H,2-6H2,1H3. The lowest BCUT2D eigenvalue weighted by atomic mass is 9.77. The molecule has 2 aliphatic rings. The maximum absolute atomic E-state index is 9.26. The van der Waals surface area contributed by atoms with E-state index in [1.54, 1.807) is 0 Å². The van der Waals surface area contributed by atoms with E-state index >= 15 is 0 Å². The van der Waals surface area contributed by atoms with E-state index in [2.05, 4.69) is 6.92 Å². The first-order valence-corrected chi connectivity index (χ1v) is 4.72. The highest BCUT2D eigenvalue weighted by atomic mass is 16.7. The number of aliphatic hydroxyl groups excluding tert-OH is 1. The average molecular weight is 172 g/mol. The summed E-state index contributed by atoms with van der Waals surface area (Å²) >= 11 is 0. The molecule has 0 aromatic rings. The van der Waals surface area contributed by atoms with E-state index in [0.29, 0.717) is 0 Å². The van der Waals surface area contributed by atoms with Crippen LogP contribution in [0, 0.1) is 5.41 Å². The zero-order valence-electron chi connectivity index (χ0n) is 7.45. The lowest BCUT2D eigenvalue weighted by Crippen LogP contribution is -2.41. The largest absolute Gasteiger partial charge is 0.368 e. The highest BCUT2D eigenvalue weighted by Gasteiger charge is 2.47. The zero-order chi connectivity index (χ0) is 8.60. The Bertz CT molecular complexity index is 171. The SMILES string of the molecule is CCC12CCOC1OC(O)CC2. The fourth-order valence-electron chi connectivity index (χ4n) is 2.23. The van der Waals surface area contributed by atoms with Gasteiger partial charge in [-0.05, 0) is 25.7 Å². The molecule has 0 aromatic carbocycles. The molecule has 2 saturated heterocycles.